The Morgan fingerprint density at radius 1 is 1.36 bits per heavy atom. The molecule has 0 radical (unpaired) electrons. The lowest BCUT2D eigenvalue weighted by Crippen LogP contribution is -2.44. The Labute approximate surface area is 86.5 Å². The molecule has 0 aromatic carbocycles. The summed E-state index contributed by atoms with van der Waals surface area (Å²) >= 11 is 0. The lowest BCUT2D eigenvalue weighted by Gasteiger charge is -2.27. The maximum absolute atomic E-state index is 10.0. The minimum Gasteiger partial charge on any atom is -0.389 e. The van der Waals surface area contributed by atoms with E-state index in [2.05, 4.69) is 5.32 Å². The van der Waals surface area contributed by atoms with Gasteiger partial charge in [-0.15, -0.1) is 0 Å². The normalized spacial score (nSPS) is 24.9. The molecular formula is C11H23NO2. The van der Waals surface area contributed by atoms with Crippen molar-refractivity contribution in [3.8, 4) is 0 Å². The van der Waals surface area contributed by atoms with Crippen LogP contribution in [-0.2, 0) is 0 Å². The van der Waals surface area contributed by atoms with Crippen LogP contribution < -0.4 is 5.32 Å². The second-order valence-electron chi connectivity index (χ2n) is 4.89. The number of nitrogens with one attached hydrogen (secondary N) is 1. The van der Waals surface area contributed by atoms with Crippen LogP contribution in [0.2, 0.25) is 0 Å². The van der Waals surface area contributed by atoms with Gasteiger partial charge < -0.3 is 15.5 Å². The summed E-state index contributed by atoms with van der Waals surface area (Å²) in [6, 6.07) is 0. The van der Waals surface area contributed by atoms with Crippen molar-refractivity contribution in [2.24, 2.45) is 0 Å². The van der Waals surface area contributed by atoms with Crippen LogP contribution in [0.25, 0.3) is 0 Å². The molecule has 84 valence electrons. The first-order valence-corrected chi connectivity index (χ1v) is 5.63. The molecule has 1 aliphatic rings. The summed E-state index contributed by atoms with van der Waals surface area (Å²) in [7, 11) is 0. The van der Waals surface area contributed by atoms with Gasteiger partial charge >= 0.3 is 0 Å². The van der Waals surface area contributed by atoms with Gasteiger partial charge in [0, 0.05) is 13.1 Å². The maximum Gasteiger partial charge on any atom is 0.0771 e. The molecule has 0 amide bonds. The fourth-order valence-electron chi connectivity index (χ4n) is 1.90. The topological polar surface area (TPSA) is 52.5 Å². The summed E-state index contributed by atoms with van der Waals surface area (Å²) in [6.45, 7) is 4.96. The highest BCUT2D eigenvalue weighted by Crippen LogP contribution is 2.28. The van der Waals surface area contributed by atoms with Crippen molar-refractivity contribution in [3.63, 3.8) is 0 Å². The number of rotatable bonds is 5. The van der Waals surface area contributed by atoms with Gasteiger partial charge in [-0.2, -0.15) is 0 Å². The molecule has 3 nitrogen and oxygen atoms in total. The zero-order valence-corrected chi connectivity index (χ0v) is 9.34. The van der Waals surface area contributed by atoms with Gasteiger partial charge in [0.1, 0.15) is 0 Å². The highest BCUT2D eigenvalue weighted by molar-refractivity contribution is 4.87. The van der Waals surface area contributed by atoms with E-state index in [0.29, 0.717) is 13.1 Å². The molecule has 14 heavy (non-hydrogen) atoms. The van der Waals surface area contributed by atoms with Crippen molar-refractivity contribution >= 4 is 0 Å². The van der Waals surface area contributed by atoms with Crippen molar-refractivity contribution in [2.45, 2.75) is 57.2 Å². The van der Waals surface area contributed by atoms with Crippen LogP contribution in [0.15, 0.2) is 0 Å². The molecule has 0 aromatic heterocycles. The smallest absolute Gasteiger partial charge is 0.0771 e. The zero-order valence-electron chi connectivity index (χ0n) is 9.34. The average Bonchev–Trinajstić information content (AvgIpc) is 2.52. The third-order valence-corrected chi connectivity index (χ3v) is 3.26. The molecule has 1 fully saturated rings. The Morgan fingerprint density at radius 3 is 2.43 bits per heavy atom. The Bertz CT molecular complexity index is 174. The van der Waals surface area contributed by atoms with E-state index in [1.807, 2.05) is 13.8 Å². The largest absolute Gasteiger partial charge is 0.389 e. The van der Waals surface area contributed by atoms with Crippen LogP contribution in [-0.4, -0.2) is 34.5 Å². The van der Waals surface area contributed by atoms with E-state index in [-0.39, 0.29) is 0 Å². The van der Waals surface area contributed by atoms with Crippen LogP contribution in [0.5, 0.6) is 0 Å². The summed E-state index contributed by atoms with van der Waals surface area (Å²) in [5.74, 6) is 0. The molecule has 1 saturated carbocycles. The second kappa shape index (κ2) is 4.60. The van der Waals surface area contributed by atoms with Crippen LogP contribution in [0.4, 0.5) is 0 Å². The van der Waals surface area contributed by atoms with E-state index in [9.17, 15) is 10.2 Å². The molecule has 0 spiro atoms. The molecule has 0 aromatic rings. The predicted molar refractivity (Wildman–Crippen MR) is 57.2 cm³/mol. The van der Waals surface area contributed by atoms with Gasteiger partial charge in [0.15, 0.2) is 0 Å². The molecule has 0 saturated heterocycles. The first kappa shape index (κ1) is 12.0. The molecule has 1 atom stereocenters. The van der Waals surface area contributed by atoms with Crippen LogP contribution in [0.3, 0.4) is 0 Å². The van der Waals surface area contributed by atoms with Crippen molar-refractivity contribution in [3.05, 3.63) is 0 Å². The second-order valence-corrected chi connectivity index (χ2v) is 4.89. The Kier molecular flexibility index (Phi) is 3.93. The summed E-state index contributed by atoms with van der Waals surface area (Å²) in [6.07, 6.45) is 4.78. The van der Waals surface area contributed by atoms with Crippen molar-refractivity contribution in [1.29, 1.82) is 0 Å². The minimum atomic E-state index is -0.644. The van der Waals surface area contributed by atoms with Crippen LogP contribution >= 0.6 is 0 Å². The third kappa shape index (κ3) is 3.56. The quantitative estimate of drug-likeness (QED) is 0.623. The van der Waals surface area contributed by atoms with Crippen molar-refractivity contribution in [2.75, 3.05) is 13.1 Å². The fourth-order valence-corrected chi connectivity index (χ4v) is 1.90. The SMILES string of the molecule is CCC(C)(O)CNCC1(O)CCCC1. The van der Waals surface area contributed by atoms with Crippen molar-refractivity contribution < 1.29 is 10.2 Å². The Balaban J connectivity index is 2.20. The molecule has 1 aliphatic carbocycles. The molecular weight excluding hydrogens is 178 g/mol. The van der Waals surface area contributed by atoms with E-state index in [1.165, 1.54) is 0 Å². The first-order valence-electron chi connectivity index (χ1n) is 5.63. The summed E-state index contributed by atoms with van der Waals surface area (Å²) in [5.41, 5.74) is -1.15. The third-order valence-electron chi connectivity index (χ3n) is 3.26. The lowest BCUT2D eigenvalue weighted by atomic mass is 10.0. The van der Waals surface area contributed by atoms with E-state index in [4.69, 9.17) is 0 Å². The molecule has 3 N–H and O–H groups in total. The van der Waals surface area contributed by atoms with Gasteiger partial charge in [-0.1, -0.05) is 19.8 Å². The summed E-state index contributed by atoms with van der Waals surface area (Å²) in [5, 5.41) is 22.9. The number of hydrogen-bond donors (Lipinski definition) is 3. The van der Waals surface area contributed by atoms with Crippen LogP contribution in [0.1, 0.15) is 46.0 Å². The fraction of sp³-hybridized carbons (Fsp3) is 1.00. The standard InChI is InChI=1S/C11H23NO2/c1-3-10(2,13)8-12-9-11(14)6-4-5-7-11/h12-14H,3-9H2,1-2H3. The predicted octanol–water partition coefficient (Wildman–Crippen LogP) is 1.04. The maximum atomic E-state index is 10.0. The monoisotopic (exact) mass is 201 g/mol. The Hall–Kier alpha value is -0.120. The summed E-state index contributed by atoms with van der Waals surface area (Å²) < 4.78 is 0. The molecule has 3 heteroatoms. The number of aliphatic hydroxyl groups is 2. The van der Waals surface area contributed by atoms with Gasteiger partial charge in [-0.05, 0) is 26.2 Å². The van der Waals surface area contributed by atoms with Gasteiger partial charge in [-0.25, -0.2) is 0 Å². The molecule has 0 heterocycles. The van der Waals surface area contributed by atoms with E-state index in [1.54, 1.807) is 0 Å². The van der Waals surface area contributed by atoms with Gasteiger partial charge in [0.05, 0.1) is 11.2 Å². The van der Waals surface area contributed by atoms with Gasteiger partial charge in [-0.3, -0.25) is 0 Å². The van der Waals surface area contributed by atoms with Crippen LogP contribution in [0, 0.1) is 0 Å². The molecule has 0 aliphatic heterocycles. The minimum absolute atomic E-state index is 0.510. The highest BCUT2D eigenvalue weighted by Gasteiger charge is 2.31. The number of hydrogen-bond acceptors (Lipinski definition) is 3. The van der Waals surface area contributed by atoms with E-state index < -0.39 is 11.2 Å². The van der Waals surface area contributed by atoms with E-state index >= 15 is 0 Å². The van der Waals surface area contributed by atoms with E-state index in [0.717, 1.165) is 32.1 Å². The summed E-state index contributed by atoms with van der Waals surface area (Å²) in [4.78, 5) is 0. The lowest BCUT2D eigenvalue weighted by molar-refractivity contribution is 0.0259. The van der Waals surface area contributed by atoms with Gasteiger partial charge in [0.25, 0.3) is 0 Å². The van der Waals surface area contributed by atoms with Crippen molar-refractivity contribution in [1.82, 2.24) is 5.32 Å². The first-order chi connectivity index (χ1) is 6.47. The molecule has 1 unspecified atom stereocenters. The zero-order chi connectivity index (χ0) is 10.7. The average molecular weight is 201 g/mol. The molecule has 0 bridgehead atoms. The highest BCUT2D eigenvalue weighted by atomic mass is 16.3. The van der Waals surface area contributed by atoms with Gasteiger partial charge in [0.2, 0.25) is 0 Å². The molecule has 1 rings (SSSR count). The Morgan fingerprint density at radius 2 is 1.93 bits per heavy atom.